The van der Waals surface area contributed by atoms with Crippen molar-refractivity contribution in [3.8, 4) is 0 Å². The predicted octanol–water partition coefficient (Wildman–Crippen LogP) is 1.20. The van der Waals surface area contributed by atoms with Crippen LogP contribution in [0.3, 0.4) is 0 Å². The first-order valence-corrected chi connectivity index (χ1v) is 5.34. The van der Waals surface area contributed by atoms with Gasteiger partial charge in [-0.05, 0) is 13.8 Å². The SMILES string of the molecule is CCO[PH](=O)C(OC(=O)OC)C(C)=O. The van der Waals surface area contributed by atoms with Crippen LogP contribution < -0.4 is 0 Å². The van der Waals surface area contributed by atoms with Crippen LogP contribution in [-0.2, 0) is 23.4 Å². The van der Waals surface area contributed by atoms with Gasteiger partial charge in [-0.1, -0.05) is 0 Å². The van der Waals surface area contributed by atoms with E-state index in [4.69, 9.17) is 4.52 Å². The zero-order chi connectivity index (χ0) is 11.1. The Balaban J connectivity index is 4.36. The van der Waals surface area contributed by atoms with E-state index < -0.39 is 25.8 Å². The molecule has 0 aromatic heterocycles. The Labute approximate surface area is 82.4 Å². The fraction of sp³-hybridized carbons (Fsp3) is 0.714. The first-order valence-electron chi connectivity index (χ1n) is 3.94. The fourth-order valence-corrected chi connectivity index (χ4v) is 1.62. The summed E-state index contributed by atoms with van der Waals surface area (Å²) >= 11 is 0. The van der Waals surface area contributed by atoms with E-state index in [0.717, 1.165) is 14.0 Å². The molecular weight excluding hydrogens is 211 g/mol. The highest BCUT2D eigenvalue weighted by molar-refractivity contribution is 7.41. The number of ether oxygens (including phenoxy) is 2. The molecule has 6 nitrogen and oxygen atoms in total. The van der Waals surface area contributed by atoms with Gasteiger partial charge in [0.2, 0.25) is 13.9 Å². The highest BCUT2D eigenvalue weighted by Crippen LogP contribution is 2.31. The summed E-state index contributed by atoms with van der Waals surface area (Å²) in [7, 11) is -1.61. The zero-order valence-electron chi connectivity index (χ0n) is 8.23. The minimum atomic E-state index is -2.71. The third-order valence-electron chi connectivity index (χ3n) is 1.25. The summed E-state index contributed by atoms with van der Waals surface area (Å²) in [4.78, 5) is 21.6. The Kier molecular flexibility index (Phi) is 6.16. The van der Waals surface area contributed by atoms with E-state index in [9.17, 15) is 14.2 Å². The predicted molar refractivity (Wildman–Crippen MR) is 48.6 cm³/mol. The molecule has 14 heavy (non-hydrogen) atoms. The molecule has 0 aliphatic carbocycles. The van der Waals surface area contributed by atoms with Gasteiger partial charge < -0.3 is 14.0 Å². The molecule has 2 unspecified atom stereocenters. The van der Waals surface area contributed by atoms with Gasteiger partial charge in [0.1, 0.15) is 0 Å². The van der Waals surface area contributed by atoms with Gasteiger partial charge in [0.15, 0.2) is 5.78 Å². The number of hydrogen-bond donors (Lipinski definition) is 0. The van der Waals surface area contributed by atoms with Gasteiger partial charge in [-0.3, -0.25) is 9.36 Å². The number of ketones is 1. The summed E-state index contributed by atoms with van der Waals surface area (Å²) in [6.07, 6.45) is -1.05. The van der Waals surface area contributed by atoms with E-state index in [1.54, 1.807) is 6.92 Å². The molecule has 0 fully saturated rings. The number of rotatable bonds is 5. The van der Waals surface area contributed by atoms with Crippen molar-refractivity contribution in [2.45, 2.75) is 19.7 Å². The highest BCUT2D eigenvalue weighted by atomic mass is 31.1. The molecular formula is C7H13O6P. The number of methoxy groups -OCH3 is 1. The standard InChI is InChI=1S/C7H13O6P/c1-4-12-14(10)6(5(2)8)13-7(9)11-3/h6,14H,4H2,1-3H3. The number of carbonyl (C=O) groups excluding carboxylic acids is 2. The first kappa shape index (κ1) is 13.1. The van der Waals surface area contributed by atoms with E-state index in [2.05, 4.69) is 9.47 Å². The molecule has 0 aromatic carbocycles. The van der Waals surface area contributed by atoms with Crippen molar-refractivity contribution in [3.63, 3.8) is 0 Å². The molecule has 0 saturated heterocycles. The van der Waals surface area contributed by atoms with Crippen molar-refractivity contribution in [2.24, 2.45) is 0 Å². The lowest BCUT2D eigenvalue weighted by atomic mass is 10.5. The van der Waals surface area contributed by atoms with Gasteiger partial charge in [-0.15, -0.1) is 0 Å². The second-order valence-corrected chi connectivity index (χ2v) is 3.77. The Morgan fingerprint density at radius 1 is 1.43 bits per heavy atom. The van der Waals surface area contributed by atoms with E-state index in [1.807, 2.05) is 0 Å². The largest absolute Gasteiger partial charge is 0.509 e. The molecule has 0 saturated carbocycles. The van der Waals surface area contributed by atoms with Crippen LogP contribution in [0.15, 0.2) is 0 Å². The molecule has 0 rings (SSSR count). The van der Waals surface area contributed by atoms with Crippen molar-refractivity contribution in [1.82, 2.24) is 0 Å². The molecule has 0 heterocycles. The summed E-state index contributed by atoms with van der Waals surface area (Å²) in [5, 5.41) is 0. The first-order chi connectivity index (χ1) is 6.52. The van der Waals surface area contributed by atoms with E-state index in [0.29, 0.717) is 0 Å². The monoisotopic (exact) mass is 224 g/mol. The third-order valence-corrected chi connectivity index (χ3v) is 2.78. The van der Waals surface area contributed by atoms with Crippen LogP contribution in [0.1, 0.15) is 13.8 Å². The molecule has 2 atom stereocenters. The maximum Gasteiger partial charge on any atom is 0.509 e. The average Bonchev–Trinajstić information content (AvgIpc) is 2.13. The summed E-state index contributed by atoms with van der Waals surface area (Å²) < 4.78 is 24.6. The second kappa shape index (κ2) is 6.56. The Morgan fingerprint density at radius 3 is 2.36 bits per heavy atom. The van der Waals surface area contributed by atoms with Crippen LogP contribution >= 0.6 is 8.03 Å². The van der Waals surface area contributed by atoms with Crippen molar-refractivity contribution in [3.05, 3.63) is 0 Å². The van der Waals surface area contributed by atoms with Crippen molar-refractivity contribution in [1.29, 1.82) is 0 Å². The number of carbonyl (C=O) groups is 2. The molecule has 7 heteroatoms. The van der Waals surface area contributed by atoms with Crippen LogP contribution in [0.25, 0.3) is 0 Å². The van der Waals surface area contributed by atoms with Crippen molar-refractivity contribution < 1.29 is 28.2 Å². The summed E-state index contributed by atoms with van der Waals surface area (Å²) in [6.45, 7) is 2.97. The maximum absolute atomic E-state index is 11.2. The van der Waals surface area contributed by atoms with Crippen LogP contribution in [0.4, 0.5) is 4.79 Å². The van der Waals surface area contributed by atoms with Crippen LogP contribution in [0, 0.1) is 0 Å². The average molecular weight is 224 g/mol. The Bertz CT molecular complexity index is 238. The minimum absolute atomic E-state index is 0.187. The molecule has 0 radical (unpaired) electrons. The highest BCUT2D eigenvalue weighted by Gasteiger charge is 2.26. The topological polar surface area (TPSA) is 78.9 Å². The molecule has 82 valence electrons. The van der Waals surface area contributed by atoms with Crippen LogP contribution in [0.5, 0.6) is 0 Å². The normalized spacial score (nSPS) is 14.2. The van der Waals surface area contributed by atoms with Gasteiger partial charge in [0.05, 0.1) is 13.7 Å². The van der Waals surface area contributed by atoms with Crippen molar-refractivity contribution >= 4 is 20.0 Å². The van der Waals surface area contributed by atoms with Gasteiger partial charge >= 0.3 is 6.16 Å². The minimum Gasteiger partial charge on any atom is -0.438 e. The summed E-state index contributed by atoms with van der Waals surface area (Å²) in [6, 6.07) is 0. The van der Waals surface area contributed by atoms with Gasteiger partial charge in [-0.25, -0.2) is 4.79 Å². The molecule has 0 bridgehead atoms. The van der Waals surface area contributed by atoms with Gasteiger partial charge in [0, 0.05) is 0 Å². The van der Waals surface area contributed by atoms with Gasteiger partial charge in [0.25, 0.3) is 0 Å². The number of Topliss-reactive ketones (excluding diaryl/α,β-unsaturated/α-hetero) is 1. The third kappa shape index (κ3) is 4.39. The zero-order valence-corrected chi connectivity index (χ0v) is 9.23. The summed E-state index contributed by atoms with van der Waals surface area (Å²) in [5.41, 5.74) is 0. The Morgan fingerprint density at radius 2 is 2.00 bits per heavy atom. The molecule has 0 spiro atoms. The summed E-state index contributed by atoms with van der Waals surface area (Å²) in [5.74, 6) is -1.89. The lowest BCUT2D eigenvalue weighted by Crippen LogP contribution is -2.22. The molecule has 0 aromatic rings. The van der Waals surface area contributed by atoms with Crippen LogP contribution in [0.2, 0.25) is 0 Å². The molecule has 0 amide bonds. The van der Waals surface area contributed by atoms with Crippen molar-refractivity contribution in [2.75, 3.05) is 13.7 Å². The fourth-order valence-electron chi connectivity index (χ4n) is 0.659. The van der Waals surface area contributed by atoms with Crippen LogP contribution in [-0.4, -0.2) is 31.5 Å². The second-order valence-electron chi connectivity index (χ2n) is 2.31. The lowest BCUT2D eigenvalue weighted by Gasteiger charge is -2.12. The van der Waals surface area contributed by atoms with Gasteiger partial charge in [-0.2, -0.15) is 0 Å². The number of hydrogen-bond acceptors (Lipinski definition) is 6. The van der Waals surface area contributed by atoms with E-state index in [-0.39, 0.29) is 6.61 Å². The lowest BCUT2D eigenvalue weighted by molar-refractivity contribution is -0.122. The Hall–Kier alpha value is -0.870. The molecule has 0 aliphatic heterocycles. The quantitative estimate of drug-likeness (QED) is 0.515. The smallest absolute Gasteiger partial charge is 0.438 e. The van der Waals surface area contributed by atoms with E-state index >= 15 is 0 Å². The molecule has 0 aliphatic rings. The molecule has 0 N–H and O–H groups in total. The van der Waals surface area contributed by atoms with E-state index in [1.165, 1.54) is 0 Å². The maximum atomic E-state index is 11.2.